The molecule has 0 saturated heterocycles. The van der Waals surface area contributed by atoms with Crippen LogP contribution in [-0.2, 0) is 0 Å². The van der Waals surface area contributed by atoms with Gasteiger partial charge in [-0.15, -0.1) is 0 Å². The van der Waals surface area contributed by atoms with E-state index in [-0.39, 0.29) is 5.82 Å². The Hall–Kier alpha value is -0.370. The normalized spacial score (nSPS) is 23.5. The van der Waals surface area contributed by atoms with E-state index in [9.17, 15) is 4.39 Å². The van der Waals surface area contributed by atoms with Crippen LogP contribution in [0, 0.1) is 11.7 Å². The van der Waals surface area contributed by atoms with Gasteiger partial charge in [-0.1, -0.05) is 54.6 Å². The predicted molar refractivity (Wildman–Crippen MR) is 82.9 cm³/mol. The molecule has 2 heteroatoms. The maximum atomic E-state index is 14.0. The zero-order chi connectivity index (χ0) is 13.7. The Morgan fingerprint density at radius 1 is 1.16 bits per heavy atom. The van der Waals surface area contributed by atoms with Gasteiger partial charge in [-0.05, 0) is 55.2 Å². The number of hydrogen-bond donors (Lipinski definition) is 0. The van der Waals surface area contributed by atoms with Crippen molar-refractivity contribution in [2.75, 3.05) is 0 Å². The van der Waals surface area contributed by atoms with Gasteiger partial charge in [0, 0.05) is 4.47 Å². The van der Waals surface area contributed by atoms with Crippen molar-refractivity contribution in [3.05, 3.63) is 34.1 Å². The second kappa shape index (κ2) is 7.42. The quantitative estimate of drug-likeness (QED) is 0.546. The minimum Gasteiger partial charge on any atom is -0.207 e. The smallest absolute Gasteiger partial charge is 0.127 e. The van der Waals surface area contributed by atoms with Crippen LogP contribution >= 0.6 is 15.9 Å². The van der Waals surface area contributed by atoms with E-state index in [4.69, 9.17) is 0 Å². The fraction of sp³-hybridized carbons (Fsp3) is 0.647. The van der Waals surface area contributed by atoms with E-state index in [1.807, 2.05) is 12.1 Å². The Kier molecular flexibility index (Phi) is 5.87. The Labute approximate surface area is 124 Å². The van der Waals surface area contributed by atoms with Crippen molar-refractivity contribution in [1.82, 2.24) is 0 Å². The van der Waals surface area contributed by atoms with Gasteiger partial charge < -0.3 is 0 Å². The van der Waals surface area contributed by atoms with Gasteiger partial charge in [0.1, 0.15) is 5.82 Å². The van der Waals surface area contributed by atoms with E-state index in [2.05, 4.69) is 22.9 Å². The van der Waals surface area contributed by atoms with E-state index < -0.39 is 0 Å². The van der Waals surface area contributed by atoms with Crippen molar-refractivity contribution < 1.29 is 4.39 Å². The second-order valence-corrected chi connectivity index (χ2v) is 6.79. The van der Waals surface area contributed by atoms with Crippen LogP contribution in [0.1, 0.15) is 69.8 Å². The Morgan fingerprint density at radius 3 is 2.53 bits per heavy atom. The van der Waals surface area contributed by atoms with Crippen molar-refractivity contribution in [1.29, 1.82) is 0 Å². The molecule has 1 aromatic rings. The molecule has 1 aliphatic rings. The third kappa shape index (κ3) is 4.30. The zero-order valence-corrected chi connectivity index (χ0v) is 13.4. The van der Waals surface area contributed by atoms with Crippen molar-refractivity contribution in [2.24, 2.45) is 5.92 Å². The van der Waals surface area contributed by atoms with E-state index in [0.29, 0.717) is 5.92 Å². The summed E-state index contributed by atoms with van der Waals surface area (Å²) in [4.78, 5) is 0. The molecule has 0 amide bonds. The van der Waals surface area contributed by atoms with Gasteiger partial charge in [0.25, 0.3) is 0 Å². The Balaban J connectivity index is 1.85. The monoisotopic (exact) mass is 326 g/mol. The first-order valence-electron chi connectivity index (χ1n) is 7.65. The van der Waals surface area contributed by atoms with Gasteiger partial charge in [-0.3, -0.25) is 0 Å². The number of halogens is 2. The first-order chi connectivity index (χ1) is 9.20. The summed E-state index contributed by atoms with van der Waals surface area (Å²) >= 11 is 3.33. The Bertz CT molecular complexity index is 394. The molecule has 19 heavy (non-hydrogen) atoms. The summed E-state index contributed by atoms with van der Waals surface area (Å²) in [7, 11) is 0. The van der Waals surface area contributed by atoms with Crippen molar-refractivity contribution in [3.63, 3.8) is 0 Å². The van der Waals surface area contributed by atoms with Crippen LogP contribution in [0.5, 0.6) is 0 Å². The lowest BCUT2D eigenvalue weighted by molar-refractivity contribution is 0.299. The third-order valence-corrected chi connectivity index (χ3v) is 4.96. The molecule has 0 radical (unpaired) electrons. The SMILES string of the molecule is CCCCCC1CCC(c2ccc(Br)cc2F)CC1. The van der Waals surface area contributed by atoms with Gasteiger partial charge in [0.05, 0.1) is 0 Å². The third-order valence-electron chi connectivity index (χ3n) is 4.47. The standard InChI is InChI=1S/C17H24BrF/c1-2-3-4-5-13-6-8-14(9-7-13)16-11-10-15(18)12-17(16)19/h10-14H,2-9H2,1H3. The van der Waals surface area contributed by atoms with Gasteiger partial charge in [0.2, 0.25) is 0 Å². The molecule has 0 heterocycles. The van der Waals surface area contributed by atoms with Crippen LogP contribution in [0.15, 0.2) is 22.7 Å². The lowest BCUT2D eigenvalue weighted by atomic mass is 9.77. The maximum absolute atomic E-state index is 14.0. The highest BCUT2D eigenvalue weighted by atomic mass is 79.9. The molecule has 0 nitrogen and oxygen atoms in total. The highest BCUT2D eigenvalue weighted by Crippen LogP contribution is 2.38. The summed E-state index contributed by atoms with van der Waals surface area (Å²) in [5.74, 6) is 1.29. The molecule has 1 aromatic carbocycles. The minimum atomic E-state index is -0.0381. The summed E-state index contributed by atoms with van der Waals surface area (Å²) in [6.07, 6.45) is 10.3. The maximum Gasteiger partial charge on any atom is 0.127 e. The summed E-state index contributed by atoms with van der Waals surface area (Å²) < 4.78 is 14.8. The molecular weight excluding hydrogens is 303 g/mol. The molecule has 0 aliphatic heterocycles. The average Bonchev–Trinajstić information content (AvgIpc) is 2.40. The van der Waals surface area contributed by atoms with Gasteiger partial charge in [-0.2, -0.15) is 0 Å². The van der Waals surface area contributed by atoms with E-state index in [0.717, 1.165) is 28.8 Å². The topological polar surface area (TPSA) is 0 Å². The predicted octanol–water partition coefficient (Wildman–Crippen LogP) is 6.44. The summed E-state index contributed by atoms with van der Waals surface area (Å²) in [6, 6.07) is 5.52. The Morgan fingerprint density at radius 2 is 1.89 bits per heavy atom. The van der Waals surface area contributed by atoms with Crippen molar-refractivity contribution >= 4 is 15.9 Å². The first-order valence-corrected chi connectivity index (χ1v) is 8.45. The lowest BCUT2D eigenvalue weighted by Crippen LogP contribution is -2.14. The van der Waals surface area contributed by atoms with Crippen molar-refractivity contribution in [2.45, 2.75) is 64.2 Å². The van der Waals surface area contributed by atoms with Crippen LogP contribution < -0.4 is 0 Å². The second-order valence-electron chi connectivity index (χ2n) is 5.88. The molecule has 0 bridgehead atoms. The molecule has 0 aromatic heterocycles. The van der Waals surface area contributed by atoms with Gasteiger partial charge in [-0.25, -0.2) is 4.39 Å². The van der Waals surface area contributed by atoms with Crippen LogP contribution in [0.2, 0.25) is 0 Å². The number of benzene rings is 1. The number of rotatable bonds is 5. The molecule has 1 fully saturated rings. The van der Waals surface area contributed by atoms with Gasteiger partial charge >= 0.3 is 0 Å². The van der Waals surface area contributed by atoms with E-state index >= 15 is 0 Å². The fourth-order valence-electron chi connectivity index (χ4n) is 3.28. The average molecular weight is 327 g/mol. The lowest BCUT2D eigenvalue weighted by Gasteiger charge is -2.29. The van der Waals surface area contributed by atoms with Crippen LogP contribution in [0.4, 0.5) is 4.39 Å². The van der Waals surface area contributed by atoms with Gasteiger partial charge in [0.15, 0.2) is 0 Å². The molecule has 1 saturated carbocycles. The minimum absolute atomic E-state index is 0.0381. The molecule has 1 aliphatic carbocycles. The van der Waals surface area contributed by atoms with E-state index in [1.165, 1.54) is 38.5 Å². The highest BCUT2D eigenvalue weighted by molar-refractivity contribution is 9.10. The summed E-state index contributed by atoms with van der Waals surface area (Å²) in [5, 5.41) is 0. The molecule has 0 spiro atoms. The summed E-state index contributed by atoms with van der Waals surface area (Å²) in [5.41, 5.74) is 0.926. The first kappa shape index (κ1) is 15.0. The molecule has 2 rings (SSSR count). The molecule has 0 unspecified atom stereocenters. The van der Waals surface area contributed by atoms with Crippen LogP contribution in [0.25, 0.3) is 0 Å². The summed E-state index contributed by atoms with van der Waals surface area (Å²) in [6.45, 7) is 2.26. The fourth-order valence-corrected chi connectivity index (χ4v) is 3.61. The molecule has 0 atom stereocenters. The van der Waals surface area contributed by atoms with Crippen LogP contribution in [-0.4, -0.2) is 0 Å². The van der Waals surface area contributed by atoms with E-state index in [1.54, 1.807) is 6.07 Å². The zero-order valence-electron chi connectivity index (χ0n) is 11.8. The van der Waals surface area contributed by atoms with Crippen molar-refractivity contribution in [3.8, 4) is 0 Å². The largest absolute Gasteiger partial charge is 0.207 e. The highest BCUT2D eigenvalue weighted by Gasteiger charge is 2.23. The molecule has 106 valence electrons. The molecule has 0 N–H and O–H groups in total. The van der Waals surface area contributed by atoms with Crippen LogP contribution in [0.3, 0.4) is 0 Å². The number of hydrogen-bond acceptors (Lipinski definition) is 0. The number of unbranched alkanes of at least 4 members (excludes halogenated alkanes) is 2. The molecular formula is C17H24BrF.